The van der Waals surface area contributed by atoms with Gasteiger partial charge in [-0.3, -0.25) is 15.4 Å². The number of hydrogen-bond donors (Lipinski definition) is 3. The minimum Gasteiger partial charge on any atom is -0.345 e. The highest BCUT2D eigenvalue weighted by atomic mass is 15.1. The summed E-state index contributed by atoms with van der Waals surface area (Å²) in [7, 11) is 0. The van der Waals surface area contributed by atoms with E-state index in [0.29, 0.717) is 17.7 Å². The van der Waals surface area contributed by atoms with E-state index in [1.54, 1.807) is 4.57 Å². The molecule has 106 valence electrons. The second-order valence-electron chi connectivity index (χ2n) is 5.93. The Morgan fingerprint density at radius 2 is 2.30 bits per heavy atom. The minimum atomic E-state index is 0.254. The molecule has 3 N–H and O–H groups in total. The van der Waals surface area contributed by atoms with E-state index in [0.717, 1.165) is 24.0 Å². The lowest BCUT2D eigenvalue weighted by molar-refractivity contribution is 0.452. The first kappa shape index (κ1) is 13.1. The zero-order valence-corrected chi connectivity index (χ0v) is 12.0. The van der Waals surface area contributed by atoms with Crippen LogP contribution in [0.25, 0.3) is 11.2 Å². The maximum Gasteiger partial charge on any atom is 0.154 e. The molecule has 3 rings (SSSR count). The lowest BCUT2D eigenvalue weighted by Crippen LogP contribution is -2.33. The molecule has 5 heteroatoms. The normalized spacial score (nSPS) is 26.2. The van der Waals surface area contributed by atoms with Gasteiger partial charge in [-0.1, -0.05) is 20.3 Å². The predicted molar refractivity (Wildman–Crippen MR) is 78.7 cm³/mol. The van der Waals surface area contributed by atoms with E-state index in [4.69, 9.17) is 10.8 Å². The quantitative estimate of drug-likeness (QED) is 0.569. The molecule has 2 aromatic rings. The van der Waals surface area contributed by atoms with Gasteiger partial charge in [-0.15, -0.1) is 0 Å². The molecule has 5 nitrogen and oxygen atoms in total. The summed E-state index contributed by atoms with van der Waals surface area (Å²) >= 11 is 0. The summed E-state index contributed by atoms with van der Waals surface area (Å²) in [6, 6.07) is 1.90. The number of aromatic nitrogens is 3. The van der Waals surface area contributed by atoms with E-state index >= 15 is 0 Å². The van der Waals surface area contributed by atoms with Crippen molar-refractivity contribution in [3.8, 4) is 0 Å². The van der Waals surface area contributed by atoms with Crippen molar-refractivity contribution in [2.24, 2.45) is 17.8 Å². The van der Waals surface area contributed by atoms with Crippen LogP contribution in [-0.2, 0) is 0 Å². The van der Waals surface area contributed by atoms with Gasteiger partial charge in [0, 0.05) is 12.1 Å². The van der Waals surface area contributed by atoms with Crippen LogP contribution < -0.4 is 5.49 Å². The van der Waals surface area contributed by atoms with Gasteiger partial charge >= 0.3 is 0 Å². The molecular formula is C15H21N5. The van der Waals surface area contributed by atoms with Crippen LogP contribution in [-0.4, -0.2) is 20.4 Å². The molecule has 2 heterocycles. The van der Waals surface area contributed by atoms with Gasteiger partial charge in [-0.25, -0.2) is 4.98 Å². The molecule has 0 aliphatic heterocycles. The average Bonchev–Trinajstić information content (AvgIpc) is 3.03. The average molecular weight is 271 g/mol. The van der Waals surface area contributed by atoms with E-state index in [1.165, 1.54) is 12.6 Å². The summed E-state index contributed by atoms with van der Waals surface area (Å²) in [5, 5.41) is 16.7. The molecular weight excluding hydrogens is 250 g/mol. The fraction of sp³-hybridized carbons (Fsp3) is 0.533. The van der Waals surface area contributed by atoms with E-state index in [1.807, 2.05) is 12.3 Å². The molecule has 3 atom stereocenters. The molecule has 0 amide bonds. The van der Waals surface area contributed by atoms with Gasteiger partial charge in [-0.2, -0.15) is 0 Å². The van der Waals surface area contributed by atoms with Crippen LogP contribution in [0.2, 0.25) is 0 Å². The molecule has 1 fully saturated rings. The Kier molecular flexibility index (Phi) is 3.20. The van der Waals surface area contributed by atoms with Gasteiger partial charge in [-0.05, 0) is 30.7 Å². The molecule has 0 unspecified atom stereocenters. The maximum absolute atomic E-state index is 8.61. The Hall–Kier alpha value is -1.91. The summed E-state index contributed by atoms with van der Waals surface area (Å²) in [4.78, 5) is 7.26. The van der Waals surface area contributed by atoms with Crippen LogP contribution in [0.15, 0.2) is 18.5 Å². The van der Waals surface area contributed by atoms with Gasteiger partial charge in [0.1, 0.15) is 11.3 Å². The second-order valence-corrected chi connectivity index (χ2v) is 5.93. The van der Waals surface area contributed by atoms with Crippen LogP contribution in [0.3, 0.4) is 0 Å². The third-order valence-electron chi connectivity index (χ3n) is 4.55. The number of hydrogen-bond acceptors (Lipinski definition) is 3. The first-order chi connectivity index (χ1) is 9.61. The SMILES string of the molecule is CC[C@@H]1C[C@H](C)C[C@@H]1C(=N)n1c(=N)cnc2[nH]ccc21. The molecule has 0 bridgehead atoms. The minimum absolute atomic E-state index is 0.254. The molecule has 0 saturated heterocycles. The predicted octanol–water partition coefficient (Wildman–Crippen LogP) is 2.74. The summed E-state index contributed by atoms with van der Waals surface area (Å²) in [5.74, 6) is 2.04. The highest BCUT2D eigenvalue weighted by Crippen LogP contribution is 2.39. The van der Waals surface area contributed by atoms with Crippen molar-refractivity contribution >= 4 is 17.0 Å². The summed E-state index contributed by atoms with van der Waals surface area (Å²) in [6.45, 7) is 4.47. The fourth-order valence-corrected chi connectivity index (χ4v) is 3.56. The van der Waals surface area contributed by atoms with Crippen LogP contribution in [0.4, 0.5) is 0 Å². The van der Waals surface area contributed by atoms with Gasteiger partial charge in [0.25, 0.3) is 0 Å². The molecule has 1 aliphatic carbocycles. The molecule has 2 aromatic heterocycles. The summed E-state index contributed by atoms with van der Waals surface area (Å²) in [5.41, 5.74) is 1.86. The third kappa shape index (κ3) is 1.97. The summed E-state index contributed by atoms with van der Waals surface area (Å²) < 4.78 is 1.74. The number of rotatable bonds is 2. The Balaban J connectivity index is 2.06. The molecule has 1 aliphatic rings. The molecule has 0 radical (unpaired) electrons. The number of nitrogens with zero attached hydrogens (tertiary/aromatic N) is 2. The molecule has 20 heavy (non-hydrogen) atoms. The molecule has 0 aromatic carbocycles. The Morgan fingerprint density at radius 3 is 3.05 bits per heavy atom. The van der Waals surface area contributed by atoms with E-state index in [-0.39, 0.29) is 11.4 Å². The van der Waals surface area contributed by atoms with Crippen molar-refractivity contribution in [1.29, 1.82) is 10.8 Å². The van der Waals surface area contributed by atoms with Crippen molar-refractivity contribution in [2.45, 2.75) is 33.1 Å². The molecule has 1 saturated carbocycles. The lowest BCUT2D eigenvalue weighted by atomic mass is 9.92. The fourth-order valence-electron chi connectivity index (χ4n) is 3.56. The van der Waals surface area contributed by atoms with E-state index < -0.39 is 0 Å². The Bertz CT molecular complexity index is 696. The first-order valence-corrected chi connectivity index (χ1v) is 7.30. The number of fused-ring (bicyclic) bond motifs is 1. The van der Waals surface area contributed by atoms with Crippen LogP contribution in [0, 0.1) is 28.6 Å². The second kappa shape index (κ2) is 4.89. The number of aromatic amines is 1. The number of H-pyrrole nitrogens is 1. The molecule has 0 spiro atoms. The highest BCUT2D eigenvalue weighted by Gasteiger charge is 2.34. The van der Waals surface area contributed by atoms with Gasteiger partial charge in [0.15, 0.2) is 5.65 Å². The van der Waals surface area contributed by atoms with E-state index in [2.05, 4.69) is 23.8 Å². The maximum atomic E-state index is 8.61. The Labute approximate surface area is 118 Å². The monoisotopic (exact) mass is 271 g/mol. The largest absolute Gasteiger partial charge is 0.345 e. The van der Waals surface area contributed by atoms with Gasteiger partial charge in [0.2, 0.25) is 0 Å². The zero-order chi connectivity index (χ0) is 14.3. The van der Waals surface area contributed by atoms with Gasteiger partial charge < -0.3 is 4.98 Å². The van der Waals surface area contributed by atoms with E-state index in [9.17, 15) is 0 Å². The number of nitrogens with one attached hydrogen (secondary N) is 3. The zero-order valence-electron chi connectivity index (χ0n) is 12.0. The standard InChI is InChI=1S/C15H21N5/c1-3-10-6-9(2)7-11(10)14(17)20-12-4-5-18-15(12)19-8-13(20)16/h4-5,8-11,16-18H,3,6-7H2,1-2H3/t9-,10+,11-/m0/s1. The van der Waals surface area contributed by atoms with Crippen molar-refractivity contribution in [3.63, 3.8) is 0 Å². The Morgan fingerprint density at radius 1 is 1.50 bits per heavy atom. The lowest BCUT2D eigenvalue weighted by Gasteiger charge is -2.21. The van der Waals surface area contributed by atoms with Gasteiger partial charge in [0.05, 0.1) is 11.7 Å². The van der Waals surface area contributed by atoms with Crippen molar-refractivity contribution < 1.29 is 0 Å². The highest BCUT2D eigenvalue weighted by molar-refractivity contribution is 5.91. The smallest absolute Gasteiger partial charge is 0.154 e. The third-order valence-corrected chi connectivity index (χ3v) is 4.55. The van der Waals surface area contributed by atoms with Crippen LogP contribution in [0.5, 0.6) is 0 Å². The van der Waals surface area contributed by atoms with Crippen molar-refractivity contribution in [1.82, 2.24) is 14.5 Å². The topological polar surface area (TPSA) is 81.3 Å². The van der Waals surface area contributed by atoms with Crippen LogP contribution >= 0.6 is 0 Å². The first-order valence-electron chi connectivity index (χ1n) is 7.30. The van der Waals surface area contributed by atoms with Crippen LogP contribution in [0.1, 0.15) is 33.1 Å². The summed E-state index contributed by atoms with van der Waals surface area (Å²) in [6.07, 6.45) is 6.69. The van der Waals surface area contributed by atoms with Crippen molar-refractivity contribution in [2.75, 3.05) is 0 Å². The van der Waals surface area contributed by atoms with Crippen molar-refractivity contribution in [3.05, 3.63) is 23.9 Å².